The van der Waals surface area contributed by atoms with Gasteiger partial charge >= 0.3 is 0 Å². The highest BCUT2D eigenvalue weighted by atomic mass is 16.1. The molecule has 0 saturated heterocycles. The monoisotopic (exact) mass is 216 g/mol. The van der Waals surface area contributed by atoms with Crippen molar-refractivity contribution in [1.29, 1.82) is 0 Å². The van der Waals surface area contributed by atoms with Gasteiger partial charge in [0.1, 0.15) is 11.5 Å². The topological polar surface area (TPSA) is 54.5 Å². The van der Waals surface area contributed by atoms with Crippen LogP contribution < -0.4 is 5.56 Å². The SMILES string of the molecule is [C-]#[N+]c1c(C)cc2[nH]nc(C(C)C)n2c1=O. The lowest BCUT2D eigenvalue weighted by Crippen LogP contribution is -2.16. The van der Waals surface area contributed by atoms with Crippen molar-refractivity contribution >= 4 is 11.3 Å². The van der Waals surface area contributed by atoms with Gasteiger partial charge in [0.05, 0.1) is 6.57 Å². The maximum absolute atomic E-state index is 12.1. The van der Waals surface area contributed by atoms with Gasteiger partial charge in [0.2, 0.25) is 0 Å². The van der Waals surface area contributed by atoms with Crippen molar-refractivity contribution in [3.05, 3.63) is 39.2 Å². The third kappa shape index (κ3) is 1.31. The van der Waals surface area contributed by atoms with E-state index in [0.29, 0.717) is 17.0 Å². The number of fused-ring (bicyclic) bond motifs is 1. The fourth-order valence-corrected chi connectivity index (χ4v) is 1.72. The van der Waals surface area contributed by atoms with Crippen LogP contribution in [0.5, 0.6) is 0 Å². The van der Waals surface area contributed by atoms with Crippen molar-refractivity contribution in [1.82, 2.24) is 14.6 Å². The first-order chi connectivity index (χ1) is 7.56. The van der Waals surface area contributed by atoms with E-state index in [1.54, 1.807) is 13.0 Å². The highest BCUT2D eigenvalue weighted by Gasteiger charge is 2.14. The molecule has 0 radical (unpaired) electrons. The van der Waals surface area contributed by atoms with Gasteiger partial charge in [-0.15, -0.1) is 0 Å². The smallest absolute Gasteiger partial charge is 0.264 e. The molecule has 0 saturated carbocycles. The number of nitrogens with one attached hydrogen (secondary N) is 1. The number of H-pyrrole nitrogens is 1. The van der Waals surface area contributed by atoms with Gasteiger partial charge in [0.25, 0.3) is 11.2 Å². The molecule has 0 atom stereocenters. The summed E-state index contributed by atoms with van der Waals surface area (Å²) in [5.41, 5.74) is 1.20. The standard InChI is InChI=1S/C11H12N4O/c1-6(2)10-14-13-8-5-7(3)9(12-4)11(16)15(8)10/h5-6,13H,1-3H3. The molecule has 0 aliphatic heterocycles. The molecule has 2 aromatic rings. The molecule has 2 aromatic heterocycles. The predicted molar refractivity (Wildman–Crippen MR) is 60.9 cm³/mol. The Bertz CT molecular complexity index is 642. The zero-order valence-electron chi connectivity index (χ0n) is 9.40. The molecular formula is C11H12N4O. The van der Waals surface area contributed by atoms with E-state index in [2.05, 4.69) is 15.0 Å². The lowest BCUT2D eigenvalue weighted by atomic mass is 10.2. The number of aromatic nitrogens is 3. The second kappa shape index (κ2) is 3.49. The number of rotatable bonds is 1. The van der Waals surface area contributed by atoms with E-state index >= 15 is 0 Å². The Morgan fingerprint density at radius 2 is 2.25 bits per heavy atom. The molecular weight excluding hydrogens is 204 g/mol. The minimum absolute atomic E-state index is 0.132. The first kappa shape index (κ1) is 10.4. The third-order valence-electron chi connectivity index (χ3n) is 2.52. The Labute approximate surface area is 92.5 Å². The van der Waals surface area contributed by atoms with Crippen molar-refractivity contribution in [2.75, 3.05) is 0 Å². The summed E-state index contributed by atoms with van der Waals surface area (Å²) in [4.78, 5) is 15.3. The van der Waals surface area contributed by atoms with Gasteiger partial charge in [-0.3, -0.25) is 14.3 Å². The lowest BCUT2D eigenvalue weighted by molar-refractivity contribution is 0.752. The number of pyridine rings is 1. The summed E-state index contributed by atoms with van der Waals surface area (Å²) in [6.07, 6.45) is 0. The first-order valence-electron chi connectivity index (χ1n) is 5.04. The van der Waals surface area contributed by atoms with Crippen LogP contribution in [0.3, 0.4) is 0 Å². The first-order valence-corrected chi connectivity index (χ1v) is 5.04. The fourth-order valence-electron chi connectivity index (χ4n) is 1.72. The van der Waals surface area contributed by atoms with Crippen molar-refractivity contribution in [2.45, 2.75) is 26.7 Å². The van der Waals surface area contributed by atoms with Crippen LogP contribution in [0.1, 0.15) is 31.2 Å². The van der Waals surface area contributed by atoms with Crippen LogP contribution in [0.2, 0.25) is 0 Å². The zero-order valence-corrected chi connectivity index (χ0v) is 9.40. The highest BCUT2D eigenvalue weighted by molar-refractivity contribution is 5.57. The zero-order chi connectivity index (χ0) is 11.9. The summed E-state index contributed by atoms with van der Waals surface area (Å²) < 4.78 is 1.48. The van der Waals surface area contributed by atoms with Gasteiger partial charge in [0, 0.05) is 5.92 Å². The van der Waals surface area contributed by atoms with Crippen molar-refractivity contribution in [2.24, 2.45) is 0 Å². The molecule has 2 heterocycles. The van der Waals surface area contributed by atoms with E-state index in [-0.39, 0.29) is 17.2 Å². The van der Waals surface area contributed by atoms with Crippen LogP contribution in [0, 0.1) is 13.5 Å². The maximum atomic E-state index is 12.1. The molecule has 82 valence electrons. The highest BCUT2D eigenvalue weighted by Crippen LogP contribution is 2.17. The Hall–Kier alpha value is -2.09. The Morgan fingerprint density at radius 1 is 1.56 bits per heavy atom. The van der Waals surface area contributed by atoms with Gasteiger partial charge in [-0.2, -0.15) is 5.10 Å². The number of aromatic amines is 1. The second-order valence-corrected chi connectivity index (χ2v) is 4.05. The molecule has 0 spiro atoms. The van der Waals surface area contributed by atoms with Crippen LogP contribution >= 0.6 is 0 Å². The molecule has 0 unspecified atom stereocenters. The Morgan fingerprint density at radius 3 is 2.81 bits per heavy atom. The van der Waals surface area contributed by atoms with Crippen molar-refractivity contribution in [3.8, 4) is 0 Å². The fraction of sp³-hybridized carbons (Fsp3) is 0.364. The van der Waals surface area contributed by atoms with Gasteiger partial charge in [-0.05, 0) is 18.6 Å². The van der Waals surface area contributed by atoms with E-state index in [1.165, 1.54) is 4.40 Å². The molecule has 0 fully saturated rings. The molecule has 0 amide bonds. The molecule has 5 heteroatoms. The van der Waals surface area contributed by atoms with E-state index in [9.17, 15) is 4.79 Å². The molecule has 1 N–H and O–H groups in total. The molecule has 5 nitrogen and oxygen atoms in total. The van der Waals surface area contributed by atoms with Crippen molar-refractivity contribution in [3.63, 3.8) is 0 Å². The average Bonchev–Trinajstić information content (AvgIpc) is 2.62. The predicted octanol–water partition coefficient (Wildman–Crippen LogP) is 2.01. The Balaban J connectivity index is 2.95. The van der Waals surface area contributed by atoms with Crippen LogP contribution in [0.4, 0.5) is 5.69 Å². The minimum Gasteiger partial charge on any atom is -0.283 e. The van der Waals surface area contributed by atoms with Gasteiger partial charge < -0.3 is 0 Å². The summed E-state index contributed by atoms with van der Waals surface area (Å²) in [6, 6.07) is 1.77. The summed E-state index contributed by atoms with van der Waals surface area (Å²) in [7, 11) is 0. The van der Waals surface area contributed by atoms with E-state index in [4.69, 9.17) is 6.57 Å². The van der Waals surface area contributed by atoms with Gasteiger partial charge in [-0.25, -0.2) is 4.85 Å². The summed E-state index contributed by atoms with van der Waals surface area (Å²) in [5.74, 6) is 0.789. The third-order valence-corrected chi connectivity index (χ3v) is 2.52. The number of hydrogen-bond donors (Lipinski definition) is 1. The molecule has 0 aliphatic carbocycles. The van der Waals surface area contributed by atoms with E-state index in [0.717, 1.165) is 0 Å². The lowest BCUT2D eigenvalue weighted by Gasteiger charge is -2.03. The summed E-state index contributed by atoms with van der Waals surface area (Å²) in [6.45, 7) is 12.7. The van der Waals surface area contributed by atoms with Crippen LogP contribution in [0.15, 0.2) is 10.9 Å². The van der Waals surface area contributed by atoms with E-state index < -0.39 is 0 Å². The van der Waals surface area contributed by atoms with E-state index in [1.807, 2.05) is 13.8 Å². The van der Waals surface area contributed by atoms with Gasteiger partial charge in [-0.1, -0.05) is 13.8 Å². The maximum Gasteiger partial charge on any atom is 0.264 e. The average molecular weight is 216 g/mol. The van der Waals surface area contributed by atoms with Crippen LogP contribution in [-0.4, -0.2) is 14.6 Å². The van der Waals surface area contributed by atoms with Gasteiger partial charge in [0.15, 0.2) is 0 Å². The number of aryl methyl sites for hydroxylation is 1. The minimum atomic E-state index is -0.289. The normalized spacial score (nSPS) is 10.9. The molecule has 0 bridgehead atoms. The molecule has 2 rings (SSSR count). The Kier molecular flexibility index (Phi) is 2.27. The summed E-state index contributed by atoms with van der Waals surface area (Å²) in [5, 5.41) is 6.92. The molecule has 0 aromatic carbocycles. The molecule has 16 heavy (non-hydrogen) atoms. The largest absolute Gasteiger partial charge is 0.283 e. The second-order valence-electron chi connectivity index (χ2n) is 4.05. The quantitative estimate of drug-likeness (QED) is 0.741. The summed E-state index contributed by atoms with van der Waals surface area (Å²) >= 11 is 0. The number of hydrogen-bond acceptors (Lipinski definition) is 2. The van der Waals surface area contributed by atoms with Crippen LogP contribution in [-0.2, 0) is 0 Å². The van der Waals surface area contributed by atoms with Crippen LogP contribution in [0.25, 0.3) is 10.5 Å². The van der Waals surface area contributed by atoms with Crippen molar-refractivity contribution < 1.29 is 0 Å². The molecule has 0 aliphatic rings. The number of nitrogens with zero attached hydrogens (tertiary/aromatic N) is 3.